The van der Waals surface area contributed by atoms with Crippen LogP contribution in [-0.2, 0) is 4.74 Å². The van der Waals surface area contributed by atoms with Gasteiger partial charge in [-0.25, -0.2) is 0 Å². The number of hydrogen-bond acceptors (Lipinski definition) is 5. The molecule has 1 atom stereocenters. The fourth-order valence-electron chi connectivity index (χ4n) is 2.56. The Morgan fingerprint density at radius 1 is 1.48 bits per heavy atom. The molecular weight excluding hydrogens is 317 g/mol. The Kier molecular flexibility index (Phi) is 5.27. The second-order valence-electron chi connectivity index (χ2n) is 5.14. The van der Waals surface area contributed by atoms with E-state index >= 15 is 0 Å². The largest absolute Gasteiger partial charge is 0.383 e. The van der Waals surface area contributed by atoms with E-state index in [1.54, 1.807) is 7.11 Å². The summed E-state index contributed by atoms with van der Waals surface area (Å²) in [7, 11) is 1.66. The van der Waals surface area contributed by atoms with Crippen molar-refractivity contribution in [3.05, 3.63) is 32.3 Å². The van der Waals surface area contributed by atoms with Crippen LogP contribution in [0.15, 0.2) is 12.1 Å². The summed E-state index contributed by atoms with van der Waals surface area (Å²) in [5.41, 5.74) is 0.220. The molecule has 1 fully saturated rings. The van der Waals surface area contributed by atoms with Crippen molar-refractivity contribution in [2.75, 3.05) is 32.1 Å². The zero-order valence-electron chi connectivity index (χ0n) is 11.6. The molecule has 21 heavy (non-hydrogen) atoms. The third kappa shape index (κ3) is 3.77. The molecular formula is C13H17Cl2N3O3. The van der Waals surface area contributed by atoms with Gasteiger partial charge in [-0.3, -0.25) is 10.1 Å². The summed E-state index contributed by atoms with van der Waals surface area (Å²) in [6.45, 7) is 2.09. The molecule has 1 heterocycles. The van der Waals surface area contributed by atoms with Crippen LogP contribution in [0.5, 0.6) is 0 Å². The van der Waals surface area contributed by atoms with E-state index < -0.39 is 4.92 Å². The van der Waals surface area contributed by atoms with Crippen molar-refractivity contribution in [3.63, 3.8) is 0 Å². The maximum Gasteiger partial charge on any atom is 0.272 e. The Hall–Kier alpha value is -1.08. The minimum Gasteiger partial charge on any atom is -0.383 e. The first-order chi connectivity index (χ1) is 9.97. The number of nitro benzene ring substituents is 1. The highest BCUT2D eigenvalue weighted by Crippen LogP contribution is 2.35. The number of methoxy groups -OCH3 is 1. The minimum absolute atomic E-state index is 0.124. The lowest BCUT2D eigenvalue weighted by molar-refractivity contribution is -0.384. The van der Waals surface area contributed by atoms with Crippen molar-refractivity contribution in [2.45, 2.75) is 18.4 Å². The second-order valence-corrected chi connectivity index (χ2v) is 5.95. The molecule has 0 amide bonds. The number of nitrogens with zero attached hydrogens (tertiary/aromatic N) is 1. The van der Waals surface area contributed by atoms with Crippen LogP contribution in [-0.4, -0.2) is 37.3 Å². The van der Waals surface area contributed by atoms with Gasteiger partial charge in [-0.05, 0) is 19.4 Å². The van der Waals surface area contributed by atoms with Gasteiger partial charge in [0, 0.05) is 25.8 Å². The highest BCUT2D eigenvalue weighted by atomic mass is 35.5. The average molecular weight is 334 g/mol. The first-order valence-electron chi connectivity index (χ1n) is 6.59. The van der Waals surface area contributed by atoms with Crippen LogP contribution in [0, 0.1) is 10.1 Å². The van der Waals surface area contributed by atoms with Gasteiger partial charge in [-0.15, -0.1) is 0 Å². The smallest absolute Gasteiger partial charge is 0.272 e. The molecule has 1 aromatic rings. The van der Waals surface area contributed by atoms with Gasteiger partial charge in [-0.2, -0.15) is 0 Å². The molecule has 1 aliphatic rings. The monoisotopic (exact) mass is 333 g/mol. The van der Waals surface area contributed by atoms with Crippen LogP contribution in [0.3, 0.4) is 0 Å². The number of anilines is 1. The van der Waals surface area contributed by atoms with Gasteiger partial charge in [0.25, 0.3) is 5.69 Å². The molecule has 116 valence electrons. The summed E-state index contributed by atoms with van der Waals surface area (Å²) in [5.74, 6) is 0. The Morgan fingerprint density at radius 2 is 2.14 bits per heavy atom. The van der Waals surface area contributed by atoms with E-state index in [1.807, 2.05) is 0 Å². The number of hydrogen-bond donors (Lipinski definition) is 2. The third-order valence-corrected chi connectivity index (χ3v) is 4.19. The maximum absolute atomic E-state index is 10.8. The molecule has 1 saturated heterocycles. The molecule has 8 heteroatoms. The van der Waals surface area contributed by atoms with E-state index in [0.717, 1.165) is 19.4 Å². The Labute approximate surface area is 132 Å². The first-order valence-corrected chi connectivity index (χ1v) is 7.34. The van der Waals surface area contributed by atoms with E-state index in [-0.39, 0.29) is 21.3 Å². The lowest BCUT2D eigenvalue weighted by atomic mass is 9.98. The van der Waals surface area contributed by atoms with E-state index in [2.05, 4.69) is 10.6 Å². The summed E-state index contributed by atoms with van der Waals surface area (Å²) in [6, 6.07) is 2.58. The van der Waals surface area contributed by atoms with Crippen LogP contribution < -0.4 is 10.6 Å². The van der Waals surface area contributed by atoms with E-state index in [1.165, 1.54) is 12.1 Å². The van der Waals surface area contributed by atoms with Crippen molar-refractivity contribution in [2.24, 2.45) is 0 Å². The highest BCUT2D eigenvalue weighted by molar-refractivity contribution is 6.39. The molecule has 0 radical (unpaired) electrons. The Balaban J connectivity index is 2.14. The quantitative estimate of drug-likeness (QED) is 0.618. The van der Waals surface area contributed by atoms with Gasteiger partial charge in [0.1, 0.15) is 0 Å². The summed E-state index contributed by atoms with van der Waals surface area (Å²) >= 11 is 12.2. The summed E-state index contributed by atoms with van der Waals surface area (Å²) in [6.07, 6.45) is 2.06. The first kappa shape index (κ1) is 16.3. The number of non-ortho nitro benzene ring substituents is 1. The molecule has 1 aliphatic heterocycles. The predicted molar refractivity (Wildman–Crippen MR) is 83.4 cm³/mol. The number of rotatable bonds is 6. The maximum atomic E-state index is 10.8. The molecule has 0 bridgehead atoms. The molecule has 1 unspecified atom stereocenters. The SMILES string of the molecule is COCC1(CNc2c(Cl)cc([N+](=O)[O-])cc2Cl)CCCN1. The van der Waals surface area contributed by atoms with Gasteiger partial charge in [0.2, 0.25) is 0 Å². The number of halogens is 2. The van der Waals surface area contributed by atoms with Crippen LogP contribution >= 0.6 is 23.2 Å². The van der Waals surface area contributed by atoms with Crippen molar-refractivity contribution in [3.8, 4) is 0 Å². The van der Waals surface area contributed by atoms with E-state index in [9.17, 15) is 10.1 Å². The van der Waals surface area contributed by atoms with Crippen LogP contribution in [0.2, 0.25) is 10.0 Å². The van der Waals surface area contributed by atoms with Crippen molar-refractivity contribution in [1.29, 1.82) is 0 Å². The Bertz CT molecular complexity index is 510. The van der Waals surface area contributed by atoms with Gasteiger partial charge < -0.3 is 15.4 Å². The minimum atomic E-state index is -0.521. The number of ether oxygens (including phenoxy) is 1. The number of benzene rings is 1. The van der Waals surface area contributed by atoms with Crippen molar-refractivity contribution < 1.29 is 9.66 Å². The van der Waals surface area contributed by atoms with Crippen LogP contribution in [0.4, 0.5) is 11.4 Å². The molecule has 2 N–H and O–H groups in total. The fraction of sp³-hybridized carbons (Fsp3) is 0.538. The highest BCUT2D eigenvalue weighted by Gasteiger charge is 2.33. The molecule has 0 saturated carbocycles. The second kappa shape index (κ2) is 6.79. The van der Waals surface area contributed by atoms with Crippen molar-refractivity contribution >= 4 is 34.6 Å². The number of nitro groups is 1. The van der Waals surface area contributed by atoms with Crippen molar-refractivity contribution in [1.82, 2.24) is 5.32 Å². The number of nitrogens with one attached hydrogen (secondary N) is 2. The molecule has 6 nitrogen and oxygen atoms in total. The lowest BCUT2D eigenvalue weighted by Crippen LogP contribution is -2.49. The molecule has 0 aliphatic carbocycles. The summed E-state index contributed by atoms with van der Waals surface area (Å²) in [4.78, 5) is 10.2. The fourth-order valence-corrected chi connectivity index (χ4v) is 3.17. The normalized spacial score (nSPS) is 21.5. The van der Waals surface area contributed by atoms with Crippen LogP contribution in [0.1, 0.15) is 12.8 Å². The topological polar surface area (TPSA) is 76.4 Å². The van der Waals surface area contributed by atoms with E-state index in [0.29, 0.717) is 18.8 Å². The van der Waals surface area contributed by atoms with Gasteiger partial charge in [-0.1, -0.05) is 23.2 Å². The zero-order chi connectivity index (χ0) is 15.5. The molecule has 2 rings (SSSR count). The molecule has 0 spiro atoms. The third-order valence-electron chi connectivity index (χ3n) is 3.59. The van der Waals surface area contributed by atoms with Gasteiger partial charge >= 0.3 is 0 Å². The lowest BCUT2D eigenvalue weighted by Gasteiger charge is -2.29. The zero-order valence-corrected chi connectivity index (χ0v) is 13.1. The molecule has 0 aromatic heterocycles. The van der Waals surface area contributed by atoms with E-state index in [4.69, 9.17) is 27.9 Å². The van der Waals surface area contributed by atoms with Gasteiger partial charge in [0.15, 0.2) is 0 Å². The average Bonchev–Trinajstić information content (AvgIpc) is 2.87. The summed E-state index contributed by atoms with van der Waals surface area (Å²) < 4.78 is 5.27. The van der Waals surface area contributed by atoms with Crippen LogP contribution in [0.25, 0.3) is 0 Å². The molecule has 1 aromatic carbocycles. The Morgan fingerprint density at radius 3 is 2.62 bits per heavy atom. The summed E-state index contributed by atoms with van der Waals surface area (Å²) in [5, 5.41) is 17.8. The standard InChI is InChI=1S/C13H17Cl2N3O3/c1-21-8-13(3-2-4-17-13)7-16-12-10(14)5-9(18(19)20)6-11(12)15/h5-6,16-17H,2-4,7-8H2,1H3. The van der Waals surface area contributed by atoms with Gasteiger partial charge in [0.05, 0.1) is 32.8 Å². The predicted octanol–water partition coefficient (Wildman–Crippen LogP) is 3.08.